The van der Waals surface area contributed by atoms with Crippen LogP contribution >= 0.6 is 0 Å². The Kier molecular flexibility index (Phi) is 5.51. The third kappa shape index (κ3) is 4.59. The van der Waals surface area contributed by atoms with Crippen LogP contribution in [0.5, 0.6) is 0 Å². The second kappa shape index (κ2) is 8.39. The van der Waals surface area contributed by atoms with Crippen LogP contribution in [0, 0.1) is 18.7 Å². The van der Waals surface area contributed by atoms with Crippen LogP contribution in [-0.4, -0.2) is 29.0 Å². The summed E-state index contributed by atoms with van der Waals surface area (Å²) >= 11 is 0. The molecule has 1 saturated heterocycles. The number of piperidine rings is 1. The minimum Gasteiger partial charge on any atom is -0.356 e. The van der Waals surface area contributed by atoms with Crippen molar-refractivity contribution in [2.45, 2.75) is 19.8 Å². The highest BCUT2D eigenvalue weighted by atomic mass is 19.1. The van der Waals surface area contributed by atoms with Gasteiger partial charge in [0, 0.05) is 36.3 Å². The molecule has 1 aromatic heterocycles. The fourth-order valence-corrected chi connectivity index (χ4v) is 3.66. The van der Waals surface area contributed by atoms with E-state index >= 15 is 0 Å². The van der Waals surface area contributed by atoms with Crippen LogP contribution in [-0.2, 0) is 4.79 Å². The maximum Gasteiger partial charge on any atom is 0.227 e. The van der Waals surface area contributed by atoms with Gasteiger partial charge in [-0.05, 0) is 44.0 Å². The Labute approximate surface area is 169 Å². The molecule has 0 radical (unpaired) electrons. The van der Waals surface area contributed by atoms with E-state index in [9.17, 15) is 9.18 Å². The molecule has 2 aromatic carbocycles. The summed E-state index contributed by atoms with van der Waals surface area (Å²) in [6.45, 7) is 3.54. The van der Waals surface area contributed by atoms with E-state index in [1.54, 1.807) is 18.5 Å². The third-order valence-electron chi connectivity index (χ3n) is 5.25. The molecule has 2 heterocycles. The Morgan fingerprint density at radius 3 is 2.62 bits per heavy atom. The molecule has 6 heteroatoms. The van der Waals surface area contributed by atoms with E-state index in [4.69, 9.17) is 0 Å². The molecule has 1 amide bonds. The lowest BCUT2D eigenvalue weighted by molar-refractivity contribution is -0.120. The SMILES string of the molecule is Cc1cccc(-c2cc(N3CCC(C(=O)Nc4cccc(F)c4)CC3)ncn2)c1. The lowest BCUT2D eigenvalue weighted by Crippen LogP contribution is -2.38. The second-order valence-electron chi connectivity index (χ2n) is 7.39. The van der Waals surface area contributed by atoms with Crippen LogP contribution in [0.1, 0.15) is 18.4 Å². The molecule has 0 saturated carbocycles. The maximum absolute atomic E-state index is 13.3. The number of hydrogen-bond acceptors (Lipinski definition) is 4. The van der Waals surface area contributed by atoms with Crippen molar-refractivity contribution in [1.82, 2.24) is 9.97 Å². The number of benzene rings is 2. The number of aryl methyl sites for hydroxylation is 1. The van der Waals surface area contributed by atoms with E-state index in [1.807, 2.05) is 18.2 Å². The summed E-state index contributed by atoms with van der Waals surface area (Å²) in [4.78, 5) is 23.5. The first-order valence-electron chi connectivity index (χ1n) is 9.79. The van der Waals surface area contributed by atoms with Gasteiger partial charge in [-0.3, -0.25) is 4.79 Å². The van der Waals surface area contributed by atoms with Gasteiger partial charge in [-0.2, -0.15) is 0 Å². The van der Waals surface area contributed by atoms with E-state index in [-0.39, 0.29) is 17.6 Å². The number of anilines is 2. The highest BCUT2D eigenvalue weighted by Crippen LogP contribution is 2.26. The Morgan fingerprint density at radius 1 is 1.07 bits per heavy atom. The van der Waals surface area contributed by atoms with Crippen LogP contribution in [0.2, 0.25) is 0 Å². The first-order chi connectivity index (χ1) is 14.1. The van der Waals surface area contributed by atoms with Gasteiger partial charge >= 0.3 is 0 Å². The number of halogens is 1. The molecule has 0 spiro atoms. The Balaban J connectivity index is 1.39. The van der Waals surface area contributed by atoms with Crippen molar-refractivity contribution in [2.24, 2.45) is 5.92 Å². The Bertz CT molecular complexity index is 1020. The molecule has 0 unspecified atom stereocenters. The van der Waals surface area contributed by atoms with Crippen LogP contribution in [0.3, 0.4) is 0 Å². The quantitative estimate of drug-likeness (QED) is 0.715. The molecular weight excluding hydrogens is 367 g/mol. The zero-order valence-electron chi connectivity index (χ0n) is 16.3. The number of nitrogens with zero attached hydrogens (tertiary/aromatic N) is 3. The lowest BCUT2D eigenvalue weighted by Gasteiger charge is -2.32. The van der Waals surface area contributed by atoms with E-state index in [0.29, 0.717) is 5.69 Å². The van der Waals surface area contributed by atoms with Crippen LogP contribution in [0.25, 0.3) is 11.3 Å². The number of nitrogens with one attached hydrogen (secondary N) is 1. The topological polar surface area (TPSA) is 58.1 Å². The summed E-state index contributed by atoms with van der Waals surface area (Å²) in [6.07, 6.45) is 3.05. The summed E-state index contributed by atoms with van der Waals surface area (Å²) in [5.74, 6) is 0.372. The number of hydrogen-bond donors (Lipinski definition) is 1. The van der Waals surface area contributed by atoms with Gasteiger partial charge in [0.15, 0.2) is 0 Å². The van der Waals surface area contributed by atoms with Crippen LogP contribution in [0.15, 0.2) is 60.9 Å². The van der Waals surface area contributed by atoms with Gasteiger partial charge in [-0.15, -0.1) is 0 Å². The van der Waals surface area contributed by atoms with Gasteiger partial charge in [-0.1, -0.05) is 29.8 Å². The number of rotatable bonds is 4. The molecule has 0 aliphatic carbocycles. The minimum absolute atomic E-state index is 0.0570. The van der Waals surface area contributed by atoms with E-state index < -0.39 is 0 Å². The molecule has 148 valence electrons. The predicted octanol–water partition coefficient (Wildman–Crippen LogP) is 4.45. The van der Waals surface area contributed by atoms with Crippen LogP contribution < -0.4 is 10.2 Å². The molecule has 1 N–H and O–H groups in total. The van der Waals surface area contributed by atoms with Crippen molar-refractivity contribution < 1.29 is 9.18 Å². The van der Waals surface area contributed by atoms with Gasteiger partial charge in [0.25, 0.3) is 0 Å². The van der Waals surface area contributed by atoms with E-state index in [2.05, 4.69) is 39.2 Å². The van der Waals surface area contributed by atoms with Gasteiger partial charge in [0.2, 0.25) is 5.91 Å². The molecule has 0 atom stereocenters. The molecular formula is C23H23FN4O. The van der Waals surface area contributed by atoms with Gasteiger partial charge < -0.3 is 10.2 Å². The highest BCUT2D eigenvalue weighted by molar-refractivity contribution is 5.92. The van der Waals surface area contributed by atoms with Crippen molar-refractivity contribution in [3.05, 3.63) is 72.3 Å². The molecule has 4 rings (SSSR count). The molecule has 1 aliphatic rings. The van der Waals surface area contributed by atoms with Crippen molar-refractivity contribution in [2.75, 3.05) is 23.3 Å². The lowest BCUT2D eigenvalue weighted by atomic mass is 9.95. The summed E-state index contributed by atoms with van der Waals surface area (Å²) in [6, 6.07) is 16.2. The smallest absolute Gasteiger partial charge is 0.227 e. The monoisotopic (exact) mass is 390 g/mol. The summed E-state index contributed by atoms with van der Waals surface area (Å²) in [5, 5.41) is 2.82. The van der Waals surface area contributed by atoms with Gasteiger partial charge in [0.05, 0.1) is 5.69 Å². The zero-order valence-corrected chi connectivity index (χ0v) is 16.3. The molecule has 3 aromatic rings. The number of amides is 1. The van der Waals surface area contributed by atoms with E-state index in [0.717, 1.165) is 43.0 Å². The number of carbonyl (C=O) groups excluding carboxylic acids is 1. The average Bonchev–Trinajstić information content (AvgIpc) is 2.74. The first-order valence-corrected chi connectivity index (χ1v) is 9.79. The highest BCUT2D eigenvalue weighted by Gasteiger charge is 2.26. The minimum atomic E-state index is -0.356. The van der Waals surface area contributed by atoms with Crippen molar-refractivity contribution in [1.29, 1.82) is 0 Å². The van der Waals surface area contributed by atoms with Crippen LogP contribution in [0.4, 0.5) is 15.9 Å². The van der Waals surface area contributed by atoms with E-state index in [1.165, 1.54) is 17.7 Å². The Morgan fingerprint density at radius 2 is 1.86 bits per heavy atom. The first kappa shape index (κ1) is 19.1. The fourth-order valence-electron chi connectivity index (χ4n) is 3.66. The fraction of sp³-hybridized carbons (Fsp3) is 0.261. The van der Waals surface area contributed by atoms with Crippen molar-refractivity contribution >= 4 is 17.4 Å². The predicted molar refractivity (Wildman–Crippen MR) is 112 cm³/mol. The van der Waals surface area contributed by atoms with Crippen molar-refractivity contribution in [3.8, 4) is 11.3 Å². The molecule has 29 heavy (non-hydrogen) atoms. The van der Waals surface area contributed by atoms with Gasteiger partial charge in [-0.25, -0.2) is 14.4 Å². The summed E-state index contributed by atoms with van der Waals surface area (Å²) in [5.41, 5.74) is 3.64. The molecule has 1 aliphatic heterocycles. The number of carbonyl (C=O) groups is 1. The molecule has 0 bridgehead atoms. The average molecular weight is 390 g/mol. The molecule has 5 nitrogen and oxygen atoms in total. The largest absolute Gasteiger partial charge is 0.356 e. The zero-order chi connectivity index (χ0) is 20.2. The summed E-state index contributed by atoms with van der Waals surface area (Å²) < 4.78 is 13.3. The van der Waals surface area contributed by atoms with Gasteiger partial charge in [0.1, 0.15) is 18.0 Å². The molecule has 1 fully saturated rings. The standard InChI is InChI=1S/C23H23FN4O/c1-16-4-2-5-18(12-16)21-14-22(26-15-25-21)28-10-8-17(9-11-28)23(29)27-20-7-3-6-19(24)13-20/h2-7,12-15,17H,8-11H2,1H3,(H,27,29). The second-order valence-corrected chi connectivity index (χ2v) is 7.39. The summed E-state index contributed by atoms with van der Waals surface area (Å²) in [7, 11) is 0. The maximum atomic E-state index is 13.3. The third-order valence-corrected chi connectivity index (χ3v) is 5.25. The van der Waals surface area contributed by atoms with Crippen molar-refractivity contribution in [3.63, 3.8) is 0 Å². The normalized spacial score (nSPS) is 14.6. The Hall–Kier alpha value is -3.28. The number of aromatic nitrogens is 2.